The number of nitrogens with zero attached hydrogens (tertiary/aromatic N) is 5. The molecular weight excluding hydrogens is 603 g/mol. The van der Waals surface area contributed by atoms with Crippen molar-refractivity contribution in [1.29, 1.82) is 0 Å². The third kappa shape index (κ3) is 11.4. The standard InChI is InChI=1S/C36H73N7OSi2/c1-15-17-20-42(28-24-33(3,4)40-34(5,6)25-28)30-37-31(39-32(38-30)44-22-19-23-46(13,14)45(11)12)43(21-18-16-2)29-26-35(7,8)41-36(9,10)27-29/h28-29,40-41,45H,15-27H2,1-14H3. The van der Waals surface area contributed by atoms with Gasteiger partial charge in [-0.2, -0.15) is 15.0 Å². The first-order chi connectivity index (χ1) is 21.2. The molecule has 2 aliphatic rings. The molecule has 3 rings (SSSR count). The van der Waals surface area contributed by atoms with E-state index in [0.29, 0.717) is 24.7 Å². The molecule has 0 spiro atoms. The first-order valence-electron chi connectivity index (χ1n) is 18.7. The van der Waals surface area contributed by atoms with Crippen LogP contribution in [-0.4, -0.2) is 84.8 Å². The Morgan fingerprint density at radius 1 is 0.696 bits per heavy atom. The lowest BCUT2D eigenvalue weighted by molar-refractivity contribution is 0.157. The van der Waals surface area contributed by atoms with Crippen LogP contribution in [0.4, 0.5) is 11.9 Å². The van der Waals surface area contributed by atoms with Gasteiger partial charge < -0.3 is 25.2 Å². The van der Waals surface area contributed by atoms with E-state index in [2.05, 4.69) is 116 Å². The van der Waals surface area contributed by atoms with E-state index in [4.69, 9.17) is 19.7 Å². The summed E-state index contributed by atoms with van der Waals surface area (Å²) in [5, 5.41) is 7.78. The van der Waals surface area contributed by atoms with Crippen molar-refractivity contribution >= 4 is 27.8 Å². The smallest absolute Gasteiger partial charge is 0.323 e. The fourth-order valence-electron chi connectivity index (χ4n) is 8.16. The SMILES string of the molecule is CCCCN(c1nc(OCCC[Si](C)(C)[SiH](C)C)nc(N(CCCC)C2CC(C)(C)NC(C)(C)C2)n1)C1CC(C)(C)NC(C)(C)C1. The van der Waals surface area contributed by atoms with Gasteiger partial charge >= 0.3 is 6.01 Å². The summed E-state index contributed by atoms with van der Waals surface area (Å²) in [5.74, 6) is 1.59. The van der Waals surface area contributed by atoms with Gasteiger partial charge in [0.05, 0.1) is 6.61 Å². The van der Waals surface area contributed by atoms with E-state index < -0.39 is 15.9 Å². The second-order valence-corrected chi connectivity index (χ2v) is 33.3. The summed E-state index contributed by atoms with van der Waals surface area (Å²) in [6.45, 7) is 36.0. The summed E-state index contributed by atoms with van der Waals surface area (Å²) in [6, 6.07) is 2.49. The Labute approximate surface area is 286 Å². The molecule has 266 valence electrons. The molecule has 3 heterocycles. The average Bonchev–Trinajstić information content (AvgIpc) is 2.88. The molecule has 0 unspecified atom stereocenters. The van der Waals surface area contributed by atoms with Crippen LogP contribution in [0.3, 0.4) is 0 Å². The number of rotatable bonds is 16. The van der Waals surface area contributed by atoms with Crippen molar-refractivity contribution in [2.24, 2.45) is 0 Å². The minimum absolute atomic E-state index is 0.0297. The fourth-order valence-corrected chi connectivity index (χ4v) is 12.1. The maximum Gasteiger partial charge on any atom is 0.323 e. The molecule has 2 saturated heterocycles. The van der Waals surface area contributed by atoms with Crippen LogP contribution in [0.1, 0.15) is 127 Å². The normalized spacial score (nSPS) is 21.4. The summed E-state index contributed by atoms with van der Waals surface area (Å²) < 4.78 is 6.51. The van der Waals surface area contributed by atoms with Crippen LogP contribution in [-0.2, 0) is 0 Å². The van der Waals surface area contributed by atoms with E-state index in [1.807, 2.05) is 0 Å². The van der Waals surface area contributed by atoms with Crippen LogP contribution in [0.5, 0.6) is 6.01 Å². The molecule has 0 aromatic carbocycles. The summed E-state index contributed by atoms with van der Waals surface area (Å²) in [5.41, 5.74) is 0.119. The number of piperidine rings is 2. The Balaban J connectivity index is 2.08. The number of hydrogen-bond donors (Lipinski definition) is 2. The van der Waals surface area contributed by atoms with Crippen molar-refractivity contribution in [3.05, 3.63) is 0 Å². The molecule has 2 N–H and O–H groups in total. The van der Waals surface area contributed by atoms with E-state index in [0.717, 1.165) is 82.8 Å². The van der Waals surface area contributed by atoms with Crippen molar-refractivity contribution in [2.45, 2.75) is 193 Å². The Hall–Kier alpha value is -1.24. The molecule has 1 aromatic heterocycles. The average molecular weight is 676 g/mol. The molecular formula is C36H73N7OSi2. The summed E-state index contributed by atoms with van der Waals surface area (Å²) in [7, 11) is -1.75. The van der Waals surface area contributed by atoms with Crippen molar-refractivity contribution in [3.8, 4) is 6.01 Å². The highest BCUT2D eigenvalue weighted by Gasteiger charge is 2.43. The van der Waals surface area contributed by atoms with Crippen LogP contribution in [0.15, 0.2) is 0 Å². The Bertz CT molecular complexity index is 1010. The van der Waals surface area contributed by atoms with Gasteiger partial charge in [-0.1, -0.05) is 58.9 Å². The highest BCUT2D eigenvalue weighted by atomic mass is 29.2. The lowest BCUT2D eigenvalue weighted by Crippen LogP contribution is -2.63. The number of anilines is 2. The number of ether oxygens (including phenoxy) is 1. The lowest BCUT2D eigenvalue weighted by atomic mass is 9.79. The Kier molecular flexibility index (Phi) is 13.2. The van der Waals surface area contributed by atoms with Gasteiger partial charge in [0.25, 0.3) is 0 Å². The minimum Gasteiger partial charge on any atom is -0.463 e. The molecule has 2 aliphatic heterocycles. The van der Waals surface area contributed by atoms with Crippen molar-refractivity contribution < 1.29 is 4.74 Å². The van der Waals surface area contributed by atoms with Gasteiger partial charge in [-0.05, 0) is 100 Å². The molecule has 0 radical (unpaired) electrons. The zero-order valence-electron chi connectivity index (χ0n) is 32.6. The van der Waals surface area contributed by atoms with E-state index in [-0.39, 0.29) is 22.2 Å². The fraction of sp³-hybridized carbons (Fsp3) is 0.917. The quantitative estimate of drug-likeness (QED) is 0.136. The summed E-state index contributed by atoms with van der Waals surface area (Å²) >= 11 is 0. The first-order valence-corrected chi connectivity index (χ1v) is 26.0. The molecule has 0 saturated carbocycles. The third-order valence-electron chi connectivity index (χ3n) is 10.6. The number of aromatic nitrogens is 3. The lowest BCUT2D eigenvalue weighted by Gasteiger charge is -2.50. The molecule has 1 aromatic rings. The van der Waals surface area contributed by atoms with Crippen LogP contribution in [0.25, 0.3) is 0 Å². The molecule has 0 atom stereocenters. The van der Waals surface area contributed by atoms with E-state index in [1.165, 1.54) is 6.04 Å². The second kappa shape index (κ2) is 15.5. The van der Waals surface area contributed by atoms with Crippen LogP contribution in [0, 0.1) is 0 Å². The summed E-state index contributed by atoms with van der Waals surface area (Å²) in [4.78, 5) is 20.7. The van der Waals surface area contributed by atoms with Gasteiger partial charge in [-0.25, -0.2) is 0 Å². The predicted molar refractivity (Wildman–Crippen MR) is 204 cm³/mol. The molecule has 0 amide bonds. The van der Waals surface area contributed by atoms with E-state index in [1.54, 1.807) is 0 Å². The van der Waals surface area contributed by atoms with Crippen LogP contribution >= 0.6 is 0 Å². The number of nitrogens with one attached hydrogen (secondary N) is 2. The summed E-state index contributed by atoms with van der Waals surface area (Å²) in [6.07, 6.45) is 9.76. The highest BCUT2D eigenvalue weighted by Crippen LogP contribution is 2.36. The van der Waals surface area contributed by atoms with Gasteiger partial charge in [0.2, 0.25) is 11.9 Å². The Morgan fingerprint density at radius 3 is 1.43 bits per heavy atom. The predicted octanol–water partition coefficient (Wildman–Crippen LogP) is 7.75. The van der Waals surface area contributed by atoms with Crippen molar-refractivity contribution in [3.63, 3.8) is 0 Å². The molecule has 46 heavy (non-hydrogen) atoms. The zero-order chi connectivity index (χ0) is 34.6. The molecule has 0 bridgehead atoms. The minimum atomic E-state index is -1.13. The number of hydrogen-bond acceptors (Lipinski definition) is 8. The third-order valence-corrected chi connectivity index (χ3v) is 25.6. The van der Waals surface area contributed by atoms with Gasteiger partial charge in [0.1, 0.15) is 0 Å². The van der Waals surface area contributed by atoms with Crippen molar-refractivity contribution in [2.75, 3.05) is 29.5 Å². The van der Waals surface area contributed by atoms with Gasteiger partial charge in [0.15, 0.2) is 0 Å². The maximum absolute atomic E-state index is 6.51. The van der Waals surface area contributed by atoms with Gasteiger partial charge in [-0.15, -0.1) is 0 Å². The van der Waals surface area contributed by atoms with E-state index in [9.17, 15) is 0 Å². The molecule has 10 heteroatoms. The molecule has 0 aliphatic carbocycles. The largest absolute Gasteiger partial charge is 0.463 e. The van der Waals surface area contributed by atoms with Crippen LogP contribution < -0.4 is 25.2 Å². The second-order valence-electron chi connectivity index (χ2n) is 18.3. The first kappa shape index (κ1) is 39.2. The maximum atomic E-state index is 6.51. The zero-order valence-corrected chi connectivity index (χ0v) is 34.7. The molecule has 8 nitrogen and oxygen atoms in total. The van der Waals surface area contributed by atoms with Gasteiger partial charge in [-0.3, -0.25) is 0 Å². The molecule has 2 fully saturated rings. The highest BCUT2D eigenvalue weighted by molar-refractivity contribution is 7.31. The number of unbranched alkanes of at least 4 members (excludes halogenated alkanes) is 2. The topological polar surface area (TPSA) is 78.4 Å². The van der Waals surface area contributed by atoms with Crippen molar-refractivity contribution in [1.82, 2.24) is 25.6 Å². The van der Waals surface area contributed by atoms with E-state index >= 15 is 0 Å². The monoisotopic (exact) mass is 676 g/mol. The van der Waals surface area contributed by atoms with Crippen LogP contribution in [0.2, 0.25) is 32.2 Å². The Morgan fingerprint density at radius 2 is 1.09 bits per heavy atom. The van der Waals surface area contributed by atoms with Gasteiger partial charge in [0, 0.05) is 63.2 Å².